The Morgan fingerprint density at radius 2 is 1.92 bits per heavy atom. The van der Waals surface area contributed by atoms with Gasteiger partial charge >= 0.3 is 0 Å². The Morgan fingerprint density at radius 1 is 1.20 bits per heavy atom. The third-order valence-corrected chi connectivity index (χ3v) is 5.44. The topological polar surface area (TPSA) is 61.7 Å². The number of carbonyl (C=O) groups excluding carboxylic acids is 1. The predicted octanol–water partition coefficient (Wildman–Crippen LogP) is 0.549. The average Bonchev–Trinajstić information content (AvgIpc) is 2.63. The number of aromatic nitrogens is 2. The van der Waals surface area contributed by atoms with Gasteiger partial charge in [-0.3, -0.25) is 9.59 Å². The minimum Gasteiger partial charge on any atom is -0.367 e. The zero-order chi connectivity index (χ0) is 18.0. The highest BCUT2D eigenvalue weighted by Crippen LogP contribution is 2.22. The summed E-state index contributed by atoms with van der Waals surface area (Å²) in [5, 5.41) is 4.08. The summed E-state index contributed by atoms with van der Waals surface area (Å²) >= 11 is 0. The first kappa shape index (κ1) is 17.9. The lowest BCUT2D eigenvalue weighted by Gasteiger charge is -2.40. The van der Waals surface area contributed by atoms with Gasteiger partial charge in [-0.15, -0.1) is 0 Å². The molecule has 7 nitrogen and oxygen atoms in total. The first-order valence-electron chi connectivity index (χ1n) is 9.27. The predicted molar refractivity (Wildman–Crippen MR) is 97.7 cm³/mol. The van der Waals surface area contributed by atoms with E-state index < -0.39 is 0 Å². The van der Waals surface area contributed by atoms with Gasteiger partial charge in [0.15, 0.2) is 0 Å². The maximum absolute atomic E-state index is 12.9. The van der Waals surface area contributed by atoms with Crippen LogP contribution in [0.5, 0.6) is 0 Å². The molecule has 0 spiro atoms. The van der Waals surface area contributed by atoms with E-state index in [1.165, 1.54) is 4.68 Å². The summed E-state index contributed by atoms with van der Waals surface area (Å²) in [6.07, 6.45) is 3.83. The van der Waals surface area contributed by atoms with E-state index in [2.05, 4.69) is 28.7 Å². The molecule has 1 amide bonds. The summed E-state index contributed by atoms with van der Waals surface area (Å²) in [5.41, 5.74) is 0.742. The van der Waals surface area contributed by atoms with Crippen LogP contribution in [-0.2, 0) is 11.8 Å². The molecule has 2 aliphatic rings. The van der Waals surface area contributed by atoms with Gasteiger partial charge < -0.3 is 14.7 Å². The number of aryl methyl sites for hydroxylation is 1. The van der Waals surface area contributed by atoms with Crippen molar-refractivity contribution < 1.29 is 4.79 Å². The SMILES string of the molecule is CC(C)N1CCC[C@H](C(=O)N2CCN(c3cnn(C)c(=O)c3)CC2)C1. The normalized spacial score (nSPS) is 22.5. The first-order chi connectivity index (χ1) is 12.0. The minimum atomic E-state index is -0.105. The highest BCUT2D eigenvalue weighted by Gasteiger charge is 2.31. The fourth-order valence-corrected chi connectivity index (χ4v) is 3.75. The van der Waals surface area contributed by atoms with Crippen molar-refractivity contribution in [3.63, 3.8) is 0 Å². The van der Waals surface area contributed by atoms with E-state index in [1.54, 1.807) is 19.3 Å². The van der Waals surface area contributed by atoms with Crippen molar-refractivity contribution in [2.24, 2.45) is 13.0 Å². The summed E-state index contributed by atoms with van der Waals surface area (Å²) in [6.45, 7) is 9.31. The maximum atomic E-state index is 12.9. The van der Waals surface area contributed by atoms with Crippen LogP contribution in [0.15, 0.2) is 17.1 Å². The molecular formula is C18H29N5O2. The van der Waals surface area contributed by atoms with Crippen LogP contribution in [0.3, 0.4) is 0 Å². The Hall–Kier alpha value is -1.89. The van der Waals surface area contributed by atoms with E-state index in [1.807, 2.05) is 4.90 Å². The van der Waals surface area contributed by atoms with Crippen molar-refractivity contribution in [2.45, 2.75) is 32.7 Å². The van der Waals surface area contributed by atoms with Gasteiger partial charge in [-0.05, 0) is 33.2 Å². The molecule has 7 heteroatoms. The highest BCUT2D eigenvalue weighted by molar-refractivity contribution is 5.79. The van der Waals surface area contributed by atoms with Crippen LogP contribution in [0.4, 0.5) is 5.69 Å². The Morgan fingerprint density at radius 3 is 2.56 bits per heavy atom. The van der Waals surface area contributed by atoms with Crippen molar-refractivity contribution in [1.82, 2.24) is 19.6 Å². The lowest BCUT2D eigenvalue weighted by molar-refractivity contribution is -0.137. The van der Waals surface area contributed by atoms with Gasteiger partial charge in [0, 0.05) is 51.9 Å². The summed E-state index contributed by atoms with van der Waals surface area (Å²) in [7, 11) is 1.65. The molecule has 0 radical (unpaired) electrons. The molecule has 0 unspecified atom stereocenters. The molecule has 25 heavy (non-hydrogen) atoms. The lowest BCUT2D eigenvalue weighted by atomic mass is 9.95. The third-order valence-electron chi connectivity index (χ3n) is 5.44. The van der Waals surface area contributed by atoms with Crippen LogP contribution >= 0.6 is 0 Å². The van der Waals surface area contributed by atoms with E-state index in [0.29, 0.717) is 25.0 Å². The molecule has 0 aliphatic carbocycles. The second kappa shape index (κ2) is 7.56. The lowest BCUT2D eigenvalue weighted by Crippen LogP contribution is -2.53. The number of hydrogen-bond donors (Lipinski definition) is 0. The van der Waals surface area contributed by atoms with Crippen LogP contribution in [0.2, 0.25) is 0 Å². The smallest absolute Gasteiger partial charge is 0.268 e. The van der Waals surface area contributed by atoms with Crippen molar-refractivity contribution >= 4 is 11.6 Å². The molecule has 3 heterocycles. The monoisotopic (exact) mass is 347 g/mol. The van der Waals surface area contributed by atoms with Crippen LogP contribution in [0.1, 0.15) is 26.7 Å². The molecule has 0 N–H and O–H groups in total. The molecular weight excluding hydrogens is 318 g/mol. The fraction of sp³-hybridized carbons (Fsp3) is 0.722. The Bertz CT molecular complexity index is 664. The number of piperazine rings is 1. The van der Waals surface area contributed by atoms with Gasteiger partial charge in [0.1, 0.15) is 0 Å². The largest absolute Gasteiger partial charge is 0.367 e. The highest BCUT2D eigenvalue weighted by atomic mass is 16.2. The van der Waals surface area contributed by atoms with Gasteiger partial charge in [0.05, 0.1) is 17.8 Å². The average molecular weight is 347 g/mol. The van der Waals surface area contributed by atoms with Crippen molar-refractivity contribution in [1.29, 1.82) is 0 Å². The molecule has 1 atom stereocenters. The van der Waals surface area contributed by atoms with E-state index in [9.17, 15) is 9.59 Å². The minimum absolute atomic E-state index is 0.105. The molecule has 2 saturated heterocycles. The van der Waals surface area contributed by atoms with E-state index >= 15 is 0 Å². The number of nitrogens with zero attached hydrogens (tertiary/aromatic N) is 5. The Balaban J connectivity index is 1.57. The van der Waals surface area contributed by atoms with E-state index in [-0.39, 0.29) is 11.5 Å². The number of rotatable bonds is 3. The van der Waals surface area contributed by atoms with Gasteiger partial charge in [-0.25, -0.2) is 4.68 Å². The molecule has 0 aromatic carbocycles. The van der Waals surface area contributed by atoms with Gasteiger partial charge in [-0.1, -0.05) is 0 Å². The van der Waals surface area contributed by atoms with Gasteiger partial charge in [-0.2, -0.15) is 5.10 Å². The van der Waals surface area contributed by atoms with E-state index in [4.69, 9.17) is 0 Å². The number of carbonyl (C=O) groups is 1. The van der Waals surface area contributed by atoms with Crippen molar-refractivity contribution in [3.8, 4) is 0 Å². The number of anilines is 1. The van der Waals surface area contributed by atoms with Crippen LogP contribution in [0, 0.1) is 5.92 Å². The molecule has 2 fully saturated rings. The Kier molecular flexibility index (Phi) is 5.42. The maximum Gasteiger partial charge on any atom is 0.268 e. The standard InChI is InChI=1S/C18H29N5O2/c1-14(2)23-6-4-5-15(13-23)18(25)22-9-7-21(8-10-22)16-11-17(24)20(3)19-12-16/h11-12,14-15H,4-10,13H2,1-3H3/t15-/m0/s1. The zero-order valence-corrected chi connectivity index (χ0v) is 15.5. The zero-order valence-electron chi connectivity index (χ0n) is 15.5. The van der Waals surface area contributed by atoms with Crippen LogP contribution < -0.4 is 10.5 Å². The van der Waals surface area contributed by atoms with E-state index in [0.717, 1.165) is 44.7 Å². The second-order valence-corrected chi connectivity index (χ2v) is 7.42. The molecule has 3 rings (SSSR count). The number of amides is 1. The summed E-state index contributed by atoms with van der Waals surface area (Å²) < 4.78 is 1.33. The fourth-order valence-electron chi connectivity index (χ4n) is 3.75. The molecule has 0 bridgehead atoms. The number of piperidine rings is 1. The molecule has 0 saturated carbocycles. The molecule has 1 aromatic heterocycles. The van der Waals surface area contributed by atoms with Gasteiger partial charge in [0.25, 0.3) is 5.56 Å². The first-order valence-corrected chi connectivity index (χ1v) is 9.27. The summed E-state index contributed by atoms with van der Waals surface area (Å²) in [4.78, 5) is 31.2. The van der Waals surface area contributed by atoms with Crippen molar-refractivity contribution in [3.05, 3.63) is 22.6 Å². The van der Waals surface area contributed by atoms with Crippen LogP contribution in [-0.4, -0.2) is 70.8 Å². The molecule has 1 aromatic rings. The van der Waals surface area contributed by atoms with Crippen molar-refractivity contribution in [2.75, 3.05) is 44.2 Å². The number of likely N-dealkylation sites (tertiary alicyclic amines) is 1. The quantitative estimate of drug-likeness (QED) is 0.799. The number of hydrogen-bond acceptors (Lipinski definition) is 5. The molecule has 138 valence electrons. The van der Waals surface area contributed by atoms with Gasteiger partial charge in [0.2, 0.25) is 5.91 Å². The Labute approximate surface area is 149 Å². The third kappa shape index (κ3) is 4.03. The second-order valence-electron chi connectivity index (χ2n) is 7.42. The molecule has 2 aliphatic heterocycles. The summed E-state index contributed by atoms with van der Waals surface area (Å²) in [6, 6.07) is 2.12. The van der Waals surface area contributed by atoms with Crippen LogP contribution in [0.25, 0.3) is 0 Å². The summed E-state index contributed by atoms with van der Waals surface area (Å²) in [5.74, 6) is 0.431.